The number of aryl methyl sites for hydroxylation is 2. The smallest absolute Gasteiger partial charge is 0.270 e. The predicted octanol–water partition coefficient (Wildman–Crippen LogP) is 5.26. The fourth-order valence-corrected chi connectivity index (χ4v) is 3.80. The average Bonchev–Trinajstić information content (AvgIpc) is 3.02. The van der Waals surface area contributed by atoms with Gasteiger partial charge in [-0.1, -0.05) is 35.5 Å². The maximum absolute atomic E-state index is 11.2. The summed E-state index contributed by atoms with van der Waals surface area (Å²) in [6, 6.07) is 18.5. The predicted molar refractivity (Wildman–Crippen MR) is 110 cm³/mol. The Hall–Kier alpha value is -3.67. The molecule has 0 aliphatic carbocycles. The van der Waals surface area contributed by atoms with Gasteiger partial charge in [0.25, 0.3) is 5.69 Å². The maximum atomic E-state index is 11.2. The molecular formula is C22H19N3O3. The lowest BCUT2D eigenvalue weighted by atomic mass is 9.97. The van der Waals surface area contributed by atoms with Gasteiger partial charge in [0, 0.05) is 51.6 Å². The molecule has 1 heterocycles. The van der Waals surface area contributed by atoms with Crippen LogP contribution >= 0.6 is 0 Å². The summed E-state index contributed by atoms with van der Waals surface area (Å²) in [5, 5.41) is 26.2. The Kier molecular flexibility index (Phi) is 4.31. The SMILES string of the molecule is CCn1c2ccc(/C(=N/O)c3ccccc3C)cc2c2cc([N+](=O)[O-])ccc21. The highest BCUT2D eigenvalue weighted by molar-refractivity contribution is 6.17. The fourth-order valence-electron chi connectivity index (χ4n) is 3.80. The first kappa shape index (κ1) is 17.7. The zero-order chi connectivity index (χ0) is 19.8. The van der Waals surface area contributed by atoms with Crippen molar-refractivity contribution in [1.29, 1.82) is 0 Å². The van der Waals surface area contributed by atoms with Crippen LogP contribution in [0.15, 0.2) is 65.8 Å². The second-order valence-corrected chi connectivity index (χ2v) is 6.70. The summed E-state index contributed by atoms with van der Waals surface area (Å²) in [4.78, 5) is 10.9. The molecule has 0 aliphatic heterocycles. The van der Waals surface area contributed by atoms with Crippen LogP contribution in [-0.2, 0) is 6.54 Å². The monoisotopic (exact) mass is 373 g/mol. The molecule has 0 saturated carbocycles. The van der Waals surface area contributed by atoms with E-state index in [4.69, 9.17) is 0 Å². The second-order valence-electron chi connectivity index (χ2n) is 6.70. The van der Waals surface area contributed by atoms with E-state index in [0.29, 0.717) is 5.71 Å². The molecule has 0 amide bonds. The lowest BCUT2D eigenvalue weighted by Crippen LogP contribution is -2.05. The minimum Gasteiger partial charge on any atom is -0.410 e. The molecule has 0 atom stereocenters. The first-order valence-electron chi connectivity index (χ1n) is 9.04. The van der Waals surface area contributed by atoms with Crippen LogP contribution in [0.4, 0.5) is 5.69 Å². The molecule has 0 fully saturated rings. The third kappa shape index (κ3) is 2.70. The van der Waals surface area contributed by atoms with Crippen LogP contribution < -0.4 is 0 Å². The summed E-state index contributed by atoms with van der Waals surface area (Å²) < 4.78 is 2.13. The lowest BCUT2D eigenvalue weighted by molar-refractivity contribution is -0.384. The molecule has 4 rings (SSSR count). The van der Waals surface area contributed by atoms with Gasteiger partial charge in [-0.05, 0) is 37.6 Å². The highest BCUT2D eigenvalue weighted by Crippen LogP contribution is 2.33. The van der Waals surface area contributed by atoms with Gasteiger partial charge in [-0.2, -0.15) is 0 Å². The molecule has 0 bridgehead atoms. The summed E-state index contributed by atoms with van der Waals surface area (Å²) >= 11 is 0. The third-order valence-corrected chi connectivity index (χ3v) is 5.15. The first-order valence-corrected chi connectivity index (χ1v) is 9.04. The van der Waals surface area contributed by atoms with Crippen molar-refractivity contribution in [3.05, 3.63) is 87.5 Å². The second kappa shape index (κ2) is 6.81. The largest absolute Gasteiger partial charge is 0.410 e. The zero-order valence-corrected chi connectivity index (χ0v) is 15.6. The van der Waals surface area contributed by atoms with Crippen LogP contribution in [0.1, 0.15) is 23.6 Å². The number of nitro groups is 1. The molecule has 0 spiro atoms. The van der Waals surface area contributed by atoms with E-state index in [-0.39, 0.29) is 10.6 Å². The average molecular weight is 373 g/mol. The van der Waals surface area contributed by atoms with Gasteiger partial charge in [0.15, 0.2) is 0 Å². The third-order valence-electron chi connectivity index (χ3n) is 5.15. The summed E-state index contributed by atoms with van der Waals surface area (Å²) in [5.41, 5.74) is 5.07. The number of nitro benzene ring substituents is 1. The Balaban J connectivity index is 2.00. The van der Waals surface area contributed by atoms with E-state index in [2.05, 4.69) is 9.72 Å². The Morgan fingerprint density at radius 2 is 1.75 bits per heavy atom. The number of nitrogens with zero attached hydrogens (tertiary/aromatic N) is 3. The van der Waals surface area contributed by atoms with Gasteiger partial charge in [-0.3, -0.25) is 10.1 Å². The molecule has 0 saturated heterocycles. The van der Waals surface area contributed by atoms with Crippen LogP contribution in [0.25, 0.3) is 21.8 Å². The Morgan fingerprint density at radius 3 is 2.39 bits per heavy atom. The molecule has 0 unspecified atom stereocenters. The van der Waals surface area contributed by atoms with Gasteiger partial charge in [-0.25, -0.2) is 0 Å². The number of oxime groups is 1. The van der Waals surface area contributed by atoms with E-state index in [0.717, 1.165) is 45.0 Å². The Bertz CT molecular complexity index is 1250. The van der Waals surface area contributed by atoms with E-state index in [1.54, 1.807) is 12.1 Å². The van der Waals surface area contributed by atoms with Crippen LogP contribution in [-0.4, -0.2) is 20.4 Å². The summed E-state index contributed by atoms with van der Waals surface area (Å²) in [6.45, 7) is 4.75. The van der Waals surface area contributed by atoms with Gasteiger partial charge in [-0.15, -0.1) is 0 Å². The topological polar surface area (TPSA) is 80.7 Å². The molecule has 3 aromatic carbocycles. The molecular weight excluding hydrogens is 354 g/mol. The van der Waals surface area contributed by atoms with Crippen molar-refractivity contribution in [2.24, 2.45) is 5.16 Å². The number of non-ortho nitro benzene ring substituents is 1. The quantitative estimate of drug-likeness (QED) is 0.229. The molecule has 4 aromatic rings. The number of aromatic nitrogens is 1. The van der Waals surface area contributed by atoms with Crippen LogP contribution in [0.5, 0.6) is 0 Å². The Morgan fingerprint density at radius 1 is 1.07 bits per heavy atom. The molecule has 6 heteroatoms. The maximum Gasteiger partial charge on any atom is 0.270 e. The van der Waals surface area contributed by atoms with Gasteiger partial charge in [0.2, 0.25) is 0 Å². The van der Waals surface area contributed by atoms with Crippen molar-refractivity contribution < 1.29 is 10.1 Å². The van der Waals surface area contributed by atoms with Crippen molar-refractivity contribution in [2.75, 3.05) is 0 Å². The van der Waals surface area contributed by atoms with Crippen molar-refractivity contribution in [3.8, 4) is 0 Å². The van der Waals surface area contributed by atoms with Crippen LogP contribution in [0.2, 0.25) is 0 Å². The van der Waals surface area contributed by atoms with Crippen molar-refractivity contribution in [2.45, 2.75) is 20.4 Å². The number of fused-ring (bicyclic) bond motifs is 3. The molecule has 0 radical (unpaired) electrons. The number of hydrogen-bond donors (Lipinski definition) is 1. The van der Waals surface area contributed by atoms with Gasteiger partial charge < -0.3 is 9.77 Å². The molecule has 0 aliphatic rings. The van der Waals surface area contributed by atoms with E-state index in [9.17, 15) is 15.3 Å². The molecule has 140 valence electrons. The highest BCUT2D eigenvalue weighted by Gasteiger charge is 2.17. The molecule has 28 heavy (non-hydrogen) atoms. The van der Waals surface area contributed by atoms with Crippen molar-refractivity contribution >= 4 is 33.2 Å². The molecule has 1 N–H and O–H groups in total. The number of rotatable bonds is 4. The number of hydrogen-bond acceptors (Lipinski definition) is 4. The van der Waals surface area contributed by atoms with Crippen molar-refractivity contribution in [3.63, 3.8) is 0 Å². The first-order chi connectivity index (χ1) is 13.5. The standard InChI is InChI=1S/C22H19N3O3/c1-3-24-20-10-8-15(22(23-26)17-7-5-4-6-14(17)2)12-18(20)19-13-16(25(27)28)9-11-21(19)24/h4-13,26H,3H2,1-2H3/b23-22-. The van der Waals surface area contributed by atoms with Gasteiger partial charge >= 0.3 is 0 Å². The fraction of sp³-hybridized carbons (Fsp3) is 0.136. The summed E-state index contributed by atoms with van der Waals surface area (Å²) in [7, 11) is 0. The lowest BCUT2D eigenvalue weighted by Gasteiger charge is -2.09. The highest BCUT2D eigenvalue weighted by atomic mass is 16.6. The summed E-state index contributed by atoms with van der Waals surface area (Å²) in [5.74, 6) is 0. The molecule has 6 nitrogen and oxygen atoms in total. The van der Waals surface area contributed by atoms with Crippen molar-refractivity contribution in [1.82, 2.24) is 4.57 Å². The van der Waals surface area contributed by atoms with E-state index >= 15 is 0 Å². The zero-order valence-electron chi connectivity index (χ0n) is 15.6. The minimum atomic E-state index is -0.383. The van der Waals surface area contributed by atoms with E-state index in [1.807, 2.05) is 56.3 Å². The van der Waals surface area contributed by atoms with Gasteiger partial charge in [0.1, 0.15) is 5.71 Å². The molecule has 1 aromatic heterocycles. The van der Waals surface area contributed by atoms with Crippen LogP contribution in [0, 0.1) is 17.0 Å². The number of benzene rings is 3. The van der Waals surface area contributed by atoms with E-state index < -0.39 is 0 Å². The summed E-state index contributed by atoms with van der Waals surface area (Å²) in [6.07, 6.45) is 0. The minimum absolute atomic E-state index is 0.0583. The van der Waals surface area contributed by atoms with Gasteiger partial charge in [0.05, 0.1) is 4.92 Å². The van der Waals surface area contributed by atoms with E-state index in [1.165, 1.54) is 6.07 Å². The Labute approximate surface area is 161 Å². The van der Waals surface area contributed by atoms with Crippen LogP contribution in [0.3, 0.4) is 0 Å². The normalized spacial score (nSPS) is 12.0.